The van der Waals surface area contributed by atoms with Gasteiger partial charge in [0.1, 0.15) is 11.6 Å². The van der Waals surface area contributed by atoms with Crippen molar-refractivity contribution in [1.82, 2.24) is 5.32 Å². The summed E-state index contributed by atoms with van der Waals surface area (Å²) in [7, 11) is 1.86. The van der Waals surface area contributed by atoms with Crippen LogP contribution in [0.15, 0.2) is 18.2 Å². The van der Waals surface area contributed by atoms with Crippen LogP contribution < -0.4 is 10.1 Å². The number of benzene rings is 1. The van der Waals surface area contributed by atoms with Gasteiger partial charge in [0.15, 0.2) is 0 Å². The van der Waals surface area contributed by atoms with Gasteiger partial charge in [-0.05, 0) is 38.1 Å². The first kappa shape index (κ1) is 15.0. The average Bonchev–Trinajstić information content (AvgIpc) is 2.40. The predicted molar refractivity (Wildman–Crippen MR) is 73.4 cm³/mol. The van der Waals surface area contributed by atoms with Crippen LogP contribution in [0, 0.1) is 11.7 Å². The lowest BCUT2D eigenvalue weighted by Crippen LogP contribution is -2.16. The normalized spacial score (nSPS) is 12.8. The third kappa shape index (κ3) is 3.98. The zero-order chi connectivity index (χ0) is 13.5. The van der Waals surface area contributed by atoms with Crippen LogP contribution in [0.3, 0.4) is 0 Å². The van der Waals surface area contributed by atoms with Gasteiger partial charge in [-0.1, -0.05) is 26.7 Å². The lowest BCUT2D eigenvalue weighted by Gasteiger charge is -2.19. The van der Waals surface area contributed by atoms with Gasteiger partial charge >= 0.3 is 0 Å². The Morgan fingerprint density at radius 1 is 1.28 bits per heavy atom. The fourth-order valence-electron chi connectivity index (χ4n) is 1.88. The highest BCUT2D eigenvalue weighted by Crippen LogP contribution is 2.26. The summed E-state index contributed by atoms with van der Waals surface area (Å²) >= 11 is 0. The molecule has 0 aliphatic carbocycles. The summed E-state index contributed by atoms with van der Waals surface area (Å²) in [6.45, 7) is 7.03. The van der Waals surface area contributed by atoms with Gasteiger partial charge in [-0.15, -0.1) is 0 Å². The number of ether oxygens (including phenoxy) is 1. The van der Waals surface area contributed by atoms with Crippen molar-refractivity contribution in [2.75, 3.05) is 13.7 Å². The second-order valence-electron chi connectivity index (χ2n) is 4.69. The second-order valence-corrected chi connectivity index (χ2v) is 4.69. The minimum Gasteiger partial charge on any atom is -0.493 e. The Bertz CT molecular complexity index is 364. The van der Waals surface area contributed by atoms with Crippen LogP contribution in [-0.4, -0.2) is 13.7 Å². The maximum absolute atomic E-state index is 13.3. The molecule has 1 unspecified atom stereocenters. The topological polar surface area (TPSA) is 21.3 Å². The van der Waals surface area contributed by atoms with Crippen LogP contribution in [0.1, 0.15) is 45.2 Å². The smallest absolute Gasteiger partial charge is 0.124 e. The fourth-order valence-corrected chi connectivity index (χ4v) is 1.88. The summed E-state index contributed by atoms with van der Waals surface area (Å²) in [6.07, 6.45) is 2.21. The van der Waals surface area contributed by atoms with E-state index >= 15 is 0 Å². The molecular weight excluding hydrogens is 229 g/mol. The zero-order valence-corrected chi connectivity index (χ0v) is 11.8. The summed E-state index contributed by atoms with van der Waals surface area (Å²) in [4.78, 5) is 0. The summed E-state index contributed by atoms with van der Waals surface area (Å²) < 4.78 is 19.1. The van der Waals surface area contributed by atoms with Crippen molar-refractivity contribution >= 4 is 0 Å². The van der Waals surface area contributed by atoms with Crippen LogP contribution in [0.5, 0.6) is 5.75 Å². The molecule has 102 valence electrons. The molecule has 0 bridgehead atoms. The molecule has 0 amide bonds. The van der Waals surface area contributed by atoms with E-state index in [0.29, 0.717) is 12.5 Å². The summed E-state index contributed by atoms with van der Waals surface area (Å²) in [6, 6.07) is 4.80. The van der Waals surface area contributed by atoms with E-state index in [1.165, 1.54) is 6.07 Å². The van der Waals surface area contributed by atoms with E-state index in [-0.39, 0.29) is 11.9 Å². The number of halogens is 1. The number of hydrogen-bond donors (Lipinski definition) is 1. The molecule has 0 aliphatic heterocycles. The third-order valence-corrected chi connectivity index (χ3v) is 3.50. The molecule has 1 aromatic rings. The molecule has 1 rings (SSSR count). The minimum absolute atomic E-state index is 0.0809. The van der Waals surface area contributed by atoms with Gasteiger partial charge in [-0.25, -0.2) is 4.39 Å². The first-order valence-electron chi connectivity index (χ1n) is 6.71. The Kier molecular flexibility index (Phi) is 6.13. The van der Waals surface area contributed by atoms with E-state index in [0.717, 1.165) is 24.2 Å². The van der Waals surface area contributed by atoms with Crippen molar-refractivity contribution in [1.29, 1.82) is 0 Å². The van der Waals surface area contributed by atoms with Crippen molar-refractivity contribution in [2.45, 2.75) is 39.7 Å². The Labute approximate surface area is 110 Å². The standard InChI is InChI=1S/C15H24FNO/c1-5-12(6-2)10-18-15-8-7-13(16)9-14(15)11(3)17-4/h7-9,11-12,17H,5-6,10H2,1-4H3. The molecule has 0 radical (unpaired) electrons. The van der Waals surface area contributed by atoms with Gasteiger partial charge in [0.25, 0.3) is 0 Å². The molecule has 0 saturated heterocycles. The van der Waals surface area contributed by atoms with E-state index in [9.17, 15) is 4.39 Å². The lowest BCUT2D eigenvalue weighted by molar-refractivity contribution is 0.237. The molecule has 2 nitrogen and oxygen atoms in total. The summed E-state index contributed by atoms with van der Waals surface area (Å²) in [5.41, 5.74) is 0.878. The molecule has 0 aromatic heterocycles. The summed E-state index contributed by atoms with van der Waals surface area (Å²) in [5.74, 6) is 1.12. The molecule has 1 aromatic carbocycles. The molecule has 1 N–H and O–H groups in total. The van der Waals surface area contributed by atoms with E-state index in [1.807, 2.05) is 14.0 Å². The van der Waals surface area contributed by atoms with Crippen molar-refractivity contribution in [3.63, 3.8) is 0 Å². The van der Waals surface area contributed by atoms with E-state index < -0.39 is 0 Å². The van der Waals surface area contributed by atoms with Gasteiger partial charge in [-0.3, -0.25) is 0 Å². The van der Waals surface area contributed by atoms with Gasteiger partial charge in [0.05, 0.1) is 6.61 Å². The first-order valence-corrected chi connectivity index (χ1v) is 6.71. The summed E-state index contributed by atoms with van der Waals surface area (Å²) in [5, 5.41) is 3.12. The highest BCUT2D eigenvalue weighted by Gasteiger charge is 2.13. The van der Waals surface area contributed by atoms with Gasteiger partial charge in [-0.2, -0.15) is 0 Å². The maximum atomic E-state index is 13.3. The molecule has 0 spiro atoms. The van der Waals surface area contributed by atoms with E-state index in [2.05, 4.69) is 19.2 Å². The minimum atomic E-state index is -0.220. The molecule has 0 fully saturated rings. The molecule has 18 heavy (non-hydrogen) atoms. The Morgan fingerprint density at radius 2 is 1.94 bits per heavy atom. The zero-order valence-electron chi connectivity index (χ0n) is 11.8. The van der Waals surface area contributed by atoms with E-state index in [1.54, 1.807) is 12.1 Å². The molecule has 0 aliphatic rings. The van der Waals surface area contributed by atoms with Crippen LogP contribution in [0.2, 0.25) is 0 Å². The molecule has 0 heterocycles. The Hall–Kier alpha value is -1.09. The maximum Gasteiger partial charge on any atom is 0.124 e. The SMILES string of the molecule is CCC(CC)COc1ccc(F)cc1C(C)NC. The number of nitrogens with one attached hydrogen (secondary N) is 1. The fraction of sp³-hybridized carbons (Fsp3) is 0.600. The van der Waals surface area contributed by atoms with Gasteiger partial charge < -0.3 is 10.1 Å². The van der Waals surface area contributed by atoms with Crippen molar-refractivity contribution in [3.05, 3.63) is 29.6 Å². The van der Waals surface area contributed by atoms with Crippen LogP contribution >= 0.6 is 0 Å². The van der Waals surface area contributed by atoms with Gasteiger partial charge in [0, 0.05) is 11.6 Å². The first-order chi connectivity index (χ1) is 8.62. The Morgan fingerprint density at radius 3 is 2.50 bits per heavy atom. The van der Waals surface area contributed by atoms with Crippen LogP contribution in [0.25, 0.3) is 0 Å². The van der Waals surface area contributed by atoms with E-state index in [4.69, 9.17) is 4.74 Å². The average molecular weight is 253 g/mol. The Balaban J connectivity index is 2.81. The quantitative estimate of drug-likeness (QED) is 0.795. The number of hydrogen-bond acceptors (Lipinski definition) is 2. The van der Waals surface area contributed by atoms with Crippen molar-refractivity contribution in [2.24, 2.45) is 5.92 Å². The molecule has 0 saturated carbocycles. The number of rotatable bonds is 7. The highest BCUT2D eigenvalue weighted by molar-refractivity contribution is 5.36. The van der Waals surface area contributed by atoms with Crippen molar-refractivity contribution in [3.8, 4) is 5.75 Å². The molecule has 1 atom stereocenters. The highest BCUT2D eigenvalue weighted by atomic mass is 19.1. The second kappa shape index (κ2) is 7.37. The van der Waals surface area contributed by atoms with Crippen molar-refractivity contribution < 1.29 is 9.13 Å². The lowest BCUT2D eigenvalue weighted by atomic mass is 10.0. The third-order valence-electron chi connectivity index (χ3n) is 3.50. The van der Waals surface area contributed by atoms with Crippen LogP contribution in [-0.2, 0) is 0 Å². The molecular formula is C15H24FNO. The van der Waals surface area contributed by atoms with Gasteiger partial charge in [0.2, 0.25) is 0 Å². The molecule has 3 heteroatoms. The van der Waals surface area contributed by atoms with Crippen LogP contribution in [0.4, 0.5) is 4.39 Å². The predicted octanol–water partition coefficient (Wildman–Crippen LogP) is 3.92. The monoisotopic (exact) mass is 253 g/mol. The largest absolute Gasteiger partial charge is 0.493 e.